The minimum absolute atomic E-state index is 0.158. The van der Waals surface area contributed by atoms with Gasteiger partial charge in [0.05, 0.1) is 5.56 Å². The minimum Gasteiger partial charge on any atom is -0.431 e. The zero-order chi connectivity index (χ0) is 16.2. The molecular formula is C19H18O4. The van der Waals surface area contributed by atoms with Crippen molar-refractivity contribution in [2.75, 3.05) is 0 Å². The Hall–Kier alpha value is -2.75. The van der Waals surface area contributed by atoms with Gasteiger partial charge >= 0.3 is 12.1 Å². The Morgan fingerprint density at radius 2 is 1.78 bits per heavy atom. The summed E-state index contributed by atoms with van der Waals surface area (Å²) in [5.74, 6) is 0.158. The highest BCUT2D eigenvalue weighted by atomic mass is 16.8. The molecule has 1 unspecified atom stereocenters. The molecule has 0 bridgehead atoms. The van der Waals surface area contributed by atoms with Crippen LogP contribution in [0, 0.1) is 0 Å². The molecule has 1 atom stereocenters. The van der Waals surface area contributed by atoms with Crippen LogP contribution in [0.3, 0.4) is 0 Å². The van der Waals surface area contributed by atoms with Gasteiger partial charge in [-0.15, -0.1) is 0 Å². The maximum atomic E-state index is 11.9. The third-order valence-electron chi connectivity index (χ3n) is 3.67. The first-order valence-corrected chi connectivity index (χ1v) is 7.64. The Kier molecular flexibility index (Phi) is 4.33. The molecule has 0 fully saturated rings. The third kappa shape index (κ3) is 3.21. The Morgan fingerprint density at radius 1 is 1.09 bits per heavy atom. The van der Waals surface area contributed by atoms with Crippen molar-refractivity contribution in [3.05, 3.63) is 54.6 Å². The Morgan fingerprint density at radius 3 is 2.52 bits per heavy atom. The number of fused-ring (bicyclic) bond motifs is 1. The van der Waals surface area contributed by atoms with Crippen molar-refractivity contribution in [3.8, 4) is 17.1 Å². The second kappa shape index (κ2) is 6.57. The Bertz CT molecular complexity index is 805. The van der Waals surface area contributed by atoms with Crippen LogP contribution >= 0.6 is 0 Å². The quantitative estimate of drug-likeness (QED) is 0.604. The predicted molar refractivity (Wildman–Crippen MR) is 88.5 cm³/mol. The molecule has 3 rings (SSSR count). The summed E-state index contributed by atoms with van der Waals surface area (Å²) in [6.45, 7) is 3.76. The molecule has 4 nitrogen and oxygen atoms in total. The van der Waals surface area contributed by atoms with Crippen LogP contribution in [0.25, 0.3) is 22.1 Å². The summed E-state index contributed by atoms with van der Waals surface area (Å²) in [6, 6.07) is 17.3. The van der Waals surface area contributed by atoms with E-state index in [0.29, 0.717) is 5.58 Å². The zero-order valence-electron chi connectivity index (χ0n) is 13.1. The first kappa shape index (κ1) is 15.2. The fourth-order valence-electron chi connectivity index (χ4n) is 2.32. The summed E-state index contributed by atoms with van der Waals surface area (Å²) in [6.07, 6.45) is -0.233. The lowest BCUT2D eigenvalue weighted by molar-refractivity contribution is 0.0584. The predicted octanol–water partition coefficient (Wildman–Crippen LogP) is 5.41. The van der Waals surface area contributed by atoms with Crippen LogP contribution in [0.5, 0.6) is 5.95 Å². The van der Waals surface area contributed by atoms with Crippen molar-refractivity contribution < 1.29 is 18.7 Å². The van der Waals surface area contributed by atoms with Crippen LogP contribution in [0.2, 0.25) is 0 Å². The van der Waals surface area contributed by atoms with Crippen molar-refractivity contribution in [2.45, 2.75) is 26.4 Å². The van der Waals surface area contributed by atoms with Gasteiger partial charge in [-0.1, -0.05) is 55.5 Å². The second-order valence-corrected chi connectivity index (χ2v) is 5.32. The summed E-state index contributed by atoms with van der Waals surface area (Å²) in [7, 11) is 0. The molecule has 0 saturated carbocycles. The minimum atomic E-state index is -0.754. The lowest BCUT2D eigenvalue weighted by Crippen LogP contribution is -2.17. The van der Waals surface area contributed by atoms with Crippen molar-refractivity contribution in [2.24, 2.45) is 0 Å². The van der Waals surface area contributed by atoms with E-state index in [1.54, 1.807) is 0 Å². The molecule has 0 aliphatic rings. The molecule has 0 spiro atoms. The highest BCUT2D eigenvalue weighted by Gasteiger charge is 2.21. The van der Waals surface area contributed by atoms with Crippen LogP contribution in [0.15, 0.2) is 59.0 Å². The van der Waals surface area contributed by atoms with E-state index in [1.807, 2.05) is 68.4 Å². The number of para-hydroxylation sites is 1. The van der Waals surface area contributed by atoms with Gasteiger partial charge in [0.1, 0.15) is 11.7 Å². The van der Waals surface area contributed by atoms with E-state index >= 15 is 0 Å². The molecule has 3 aromatic rings. The third-order valence-corrected chi connectivity index (χ3v) is 3.67. The van der Waals surface area contributed by atoms with E-state index in [9.17, 15) is 4.79 Å². The molecule has 23 heavy (non-hydrogen) atoms. The summed E-state index contributed by atoms with van der Waals surface area (Å²) >= 11 is 0. The standard InChI is InChI=1S/C19H18O4/c1-3-13(2)21-19(20)23-18-17(14-9-5-4-6-10-14)15-11-7-8-12-16(15)22-18/h4-13H,3H2,1-2H3. The summed E-state index contributed by atoms with van der Waals surface area (Å²) in [5.41, 5.74) is 2.34. The summed E-state index contributed by atoms with van der Waals surface area (Å²) < 4.78 is 16.2. The Balaban J connectivity index is 2.01. The van der Waals surface area contributed by atoms with Crippen molar-refractivity contribution in [3.63, 3.8) is 0 Å². The SMILES string of the molecule is CCC(C)OC(=O)Oc1oc2ccccc2c1-c1ccccc1. The number of carbonyl (C=O) groups is 1. The first-order valence-electron chi connectivity index (χ1n) is 7.64. The fourth-order valence-corrected chi connectivity index (χ4v) is 2.32. The Labute approximate surface area is 134 Å². The van der Waals surface area contributed by atoms with E-state index < -0.39 is 6.16 Å². The highest BCUT2D eigenvalue weighted by molar-refractivity contribution is 5.97. The normalized spacial score (nSPS) is 12.1. The van der Waals surface area contributed by atoms with Gasteiger partial charge in [0.2, 0.25) is 0 Å². The molecule has 118 valence electrons. The molecule has 0 aliphatic heterocycles. The van der Waals surface area contributed by atoms with Crippen molar-refractivity contribution in [1.29, 1.82) is 0 Å². The largest absolute Gasteiger partial charge is 0.516 e. The maximum Gasteiger partial charge on any atom is 0.516 e. The van der Waals surface area contributed by atoms with Crippen LogP contribution in [-0.4, -0.2) is 12.3 Å². The molecule has 0 saturated heterocycles. The molecule has 4 heteroatoms. The first-order chi connectivity index (χ1) is 11.2. The number of hydrogen-bond donors (Lipinski definition) is 0. The number of furan rings is 1. The number of hydrogen-bond acceptors (Lipinski definition) is 4. The number of ether oxygens (including phenoxy) is 2. The highest BCUT2D eigenvalue weighted by Crippen LogP contribution is 2.40. The van der Waals surface area contributed by atoms with E-state index in [0.717, 1.165) is 22.9 Å². The second-order valence-electron chi connectivity index (χ2n) is 5.32. The topological polar surface area (TPSA) is 48.7 Å². The molecule has 1 aromatic heterocycles. The van der Waals surface area contributed by atoms with Gasteiger partial charge in [0.15, 0.2) is 0 Å². The summed E-state index contributed by atoms with van der Waals surface area (Å²) in [5, 5.41) is 0.894. The van der Waals surface area contributed by atoms with Gasteiger partial charge < -0.3 is 13.9 Å². The fraction of sp³-hybridized carbons (Fsp3) is 0.211. The van der Waals surface area contributed by atoms with Gasteiger partial charge in [-0.25, -0.2) is 4.79 Å². The van der Waals surface area contributed by atoms with Gasteiger partial charge in [0.25, 0.3) is 0 Å². The number of benzene rings is 2. The smallest absolute Gasteiger partial charge is 0.431 e. The van der Waals surface area contributed by atoms with E-state index in [1.165, 1.54) is 0 Å². The zero-order valence-corrected chi connectivity index (χ0v) is 13.1. The lowest BCUT2D eigenvalue weighted by atomic mass is 10.0. The van der Waals surface area contributed by atoms with Gasteiger partial charge in [-0.2, -0.15) is 0 Å². The number of carbonyl (C=O) groups excluding carboxylic acids is 1. The van der Waals surface area contributed by atoms with Crippen molar-refractivity contribution >= 4 is 17.1 Å². The molecular weight excluding hydrogens is 292 g/mol. The van der Waals surface area contributed by atoms with E-state index in [4.69, 9.17) is 13.9 Å². The maximum absolute atomic E-state index is 11.9. The summed E-state index contributed by atoms with van der Waals surface area (Å²) in [4.78, 5) is 11.9. The molecule has 0 amide bonds. The average Bonchev–Trinajstić information content (AvgIpc) is 2.93. The number of rotatable bonds is 4. The lowest BCUT2D eigenvalue weighted by Gasteiger charge is -2.10. The average molecular weight is 310 g/mol. The molecule has 1 heterocycles. The van der Waals surface area contributed by atoms with Crippen molar-refractivity contribution in [1.82, 2.24) is 0 Å². The van der Waals surface area contributed by atoms with E-state index in [-0.39, 0.29) is 12.1 Å². The van der Waals surface area contributed by atoms with E-state index in [2.05, 4.69) is 0 Å². The monoisotopic (exact) mass is 310 g/mol. The van der Waals surface area contributed by atoms with Gasteiger partial charge in [-0.05, 0) is 25.0 Å². The molecule has 2 aromatic carbocycles. The van der Waals surface area contributed by atoms with Crippen LogP contribution in [0.4, 0.5) is 4.79 Å². The molecule has 0 N–H and O–H groups in total. The molecule has 0 radical (unpaired) electrons. The van der Waals surface area contributed by atoms with Crippen LogP contribution in [-0.2, 0) is 4.74 Å². The van der Waals surface area contributed by atoms with Crippen LogP contribution in [0.1, 0.15) is 20.3 Å². The van der Waals surface area contributed by atoms with Gasteiger partial charge in [-0.3, -0.25) is 0 Å². The van der Waals surface area contributed by atoms with Gasteiger partial charge in [0, 0.05) is 5.39 Å². The van der Waals surface area contributed by atoms with Crippen LogP contribution < -0.4 is 4.74 Å². The molecule has 0 aliphatic carbocycles.